The Morgan fingerprint density at radius 1 is 1.45 bits per heavy atom. The molecule has 0 aliphatic heterocycles. The van der Waals surface area contributed by atoms with Crippen LogP contribution in [0.1, 0.15) is 30.1 Å². The highest BCUT2D eigenvalue weighted by Crippen LogP contribution is 2.24. The summed E-state index contributed by atoms with van der Waals surface area (Å²) >= 11 is 0. The first-order valence-electron chi connectivity index (χ1n) is 6.64. The van der Waals surface area contributed by atoms with Crippen LogP contribution in [0, 0.1) is 12.7 Å². The number of hydrogen-bond acceptors (Lipinski definition) is 5. The van der Waals surface area contributed by atoms with Crippen LogP contribution < -0.4 is 10.1 Å². The minimum absolute atomic E-state index is 0.183. The summed E-state index contributed by atoms with van der Waals surface area (Å²) in [6.07, 6.45) is 2.37. The predicted molar refractivity (Wildman–Crippen MR) is 69.6 cm³/mol. The molecule has 1 aromatic heterocycles. The summed E-state index contributed by atoms with van der Waals surface area (Å²) in [5.74, 6) is 1.35. The molecule has 1 heterocycles. The third-order valence-electron chi connectivity index (χ3n) is 3.10. The second-order valence-corrected chi connectivity index (χ2v) is 4.93. The van der Waals surface area contributed by atoms with E-state index in [0.717, 1.165) is 5.56 Å². The van der Waals surface area contributed by atoms with Gasteiger partial charge in [0.25, 0.3) is 5.89 Å². The van der Waals surface area contributed by atoms with E-state index in [9.17, 15) is 4.39 Å². The van der Waals surface area contributed by atoms with Gasteiger partial charge < -0.3 is 14.6 Å². The first kappa shape index (κ1) is 13.1. The van der Waals surface area contributed by atoms with Gasteiger partial charge in [-0.15, -0.1) is 0 Å². The fourth-order valence-electron chi connectivity index (χ4n) is 1.91. The van der Waals surface area contributed by atoms with Gasteiger partial charge in [0.2, 0.25) is 0 Å². The highest BCUT2D eigenvalue weighted by molar-refractivity contribution is 5.34. The molecule has 0 bridgehead atoms. The predicted octanol–water partition coefficient (Wildman–Crippen LogP) is 2.35. The van der Waals surface area contributed by atoms with Gasteiger partial charge in [0, 0.05) is 18.2 Å². The minimum Gasteiger partial charge on any atom is -0.483 e. The number of aromatic nitrogens is 2. The van der Waals surface area contributed by atoms with E-state index in [1.165, 1.54) is 25.0 Å². The highest BCUT2D eigenvalue weighted by Gasteiger charge is 2.20. The molecule has 0 amide bonds. The van der Waals surface area contributed by atoms with Crippen molar-refractivity contribution in [2.45, 2.75) is 39.0 Å². The summed E-state index contributed by atoms with van der Waals surface area (Å²) in [6.45, 7) is 2.53. The van der Waals surface area contributed by atoms with Gasteiger partial charge in [-0.3, -0.25) is 0 Å². The van der Waals surface area contributed by atoms with E-state index < -0.39 is 0 Å². The van der Waals surface area contributed by atoms with Gasteiger partial charge in [0.05, 0.1) is 0 Å². The molecule has 3 rings (SSSR count). The van der Waals surface area contributed by atoms with Crippen molar-refractivity contribution in [2.75, 3.05) is 0 Å². The quantitative estimate of drug-likeness (QED) is 0.878. The summed E-state index contributed by atoms with van der Waals surface area (Å²) in [5.41, 5.74) is 0.799. The number of benzene rings is 1. The molecule has 1 aliphatic carbocycles. The lowest BCUT2D eigenvalue weighted by Crippen LogP contribution is -2.16. The van der Waals surface area contributed by atoms with Crippen LogP contribution in [-0.2, 0) is 13.2 Å². The average Bonchev–Trinajstić information content (AvgIpc) is 3.17. The Morgan fingerprint density at radius 2 is 2.30 bits per heavy atom. The fourth-order valence-corrected chi connectivity index (χ4v) is 1.91. The summed E-state index contributed by atoms with van der Waals surface area (Å²) in [5, 5.41) is 7.04. The standard InChI is InChI=1S/C14H16FN3O2/c1-9-17-14(20-18-9)8-19-13-5-2-11(15)6-10(13)7-16-12-3-4-12/h2,5-6,12,16H,3-4,7-8H2,1H3. The van der Waals surface area contributed by atoms with E-state index in [0.29, 0.717) is 30.1 Å². The van der Waals surface area contributed by atoms with Crippen LogP contribution in [0.5, 0.6) is 5.75 Å². The van der Waals surface area contributed by atoms with Crippen LogP contribution in [0.3, 0.4) is 0 Å². The number of nitrogens with zero attached hydrogens (tertiary/aromatic N) is 2. The van der Waals surface area contributed by atoms with Crippen LogP contribution >= 0.6 is 0 Å². The molecule has 1 N–H and O–H groups in total. The maximum atomic E-state index is 13.3. The van der Waals surface area contributed by atoms with Crippen molar-refractivity contribution in [1.82, 2.24) is 15.5 Å². The third kappa shape index (κ3) is 3.33. The Kier molecular flexibility index (Phi) is 3.64. The Morgan fingerprint density at radius 3 is 3.00 bits per heavy atom. The van der Waals surface area contributed by atoms with Crippen LogP contribution in [-0.4, -0.2) is 16.2 Å². The van der Waals surface area contributed by atoms with Gasteiger partial charge >= 0.3 is 0 Å². The van der Waals surface area contributed by atoms with Gasteiger partial charge in [-0.1, -0.05) is 5.16 Å². The average molecular weight is 277 g/mol. The SMILES string of the molecule is Cc1noc(COc2ccc(F)cc2CNC2CC2)n1. The molecule has 0 spiro atoms. The minimum atomic E-state index is -0.265. The van der Waals surface area contributed by atoms with Crippen molar-refractivity contribution in [2.24, 2.45) is 0 Å². The summed E-state index contributed by atoms with van der Waals surface area (Å²) in [6, 6.07) is 5.06. The van der Waals surface area contributed by atoms with E-state index in [-0.39, 0.29) is 12.4 Å². The molecule has 20 heavy (non-hydrogen) atoms. The van der Waals surface area contributed by atoms with Crippen LogP contribution in [0.2, 0.25) is 0 Å². The Labute approximate surface area is 116 Å². The van der Waals surface area contributed by atoms with Gasteiger partial charge in [0.1, 0.15) is 11.6 Å². The van der Waals surface area contributed by atoms with Crippen molar-refractivity contribution in [3.63, 3.8) is 0 Å². The van der Waals surface area contributed by atoms with Crippen molar-refractivity contribution in [1.29, 1.82) is 0 Å². The largest absolute Gasteiger partial charge is 0.483 e. The smallest absolute Gasteiger partial charge is 0.264 e. The highest BCUT2D eigenvalue weighted by atomic mass is 19.1. The molecule has 0 atom stereocenters. The topological polar surface area (TPSA) is 60.2 Å². The Balaban J connectivity index is 1.66. The van der Waals surface area contributed by atoms with Crippen molar-refractivity contribution < 1.29 is 13.7 Å². The first-order valence-corrected chi connectivity index (χ1v) is 6.64. The Hall–Kier alpha value is -1.95. The maximum absolute atomic E-state index is 13.3. The fraction of sp³-hybridized carbons (Fsp3) is 0.429. The van der Waals surface area contributed by atoms with Gasteiger partial charge in [0.15, 0.2) is 12.4 Å². The summed E-state index contributed by atoms with van der Waals surface area (Å²) in [4.78, 5) is 4.06. The van der Waals surface area contributed by atoms with E-state index in [2.05, 4.69) is 15.5 Å². The molecule has 1 aromatic carbocycles. The van der Waals surface area contributed by atoms with Crippen LogP contribution in [0.25, 0.3) is 0 Å². The molecule has 0 saturated heterocycles. The van der Waals surface area contributed by atoms with E-state index >= 15 is 0 Å². The molecule has 2 aromatic rings. The molecule has 1 saturated carbocycles. The number of ether oxygens (including phenoxy) is 1. The number of halogens is 1. The molecular weight excluding hydrogens is 261 g/mol. The molecule has 0 unspecified atom stereocenters. The zero-order valence-corrected chi connectivity index (χ0v) is 11.2. The normalized spacial score (nSPS) is 14.5. The summed E-state index contributed by atoms with van der Waals surface area (Å²) in [7, 11) is 0. The first-order chi connectivity index (χ1) is 9.70. The molecule has 0 radical (unpaired) electrons. The summed E-state index contributed by atoms with van der Waals surface area (Å²) < 4.78 is 24.0. The maximum Gasteiger partial charge on any atom is 0.264 e. The third-order valence-corrected chi connectivity index (χ3v) is 3.10. The molecular formula is C14H16FN3O2. The van der Waals surface area contributed by atoms with Crippen molar-refractivity contribution >= 4 is 0 Å². The Bertz CT molecular complexity index is 596. The second-order valence-electron chi connectivity index (χ2n) is 4.93. The van der Waals surface area contributed by atoms with E-state index in [4.69, 9.17) is 9.26 Å². The molecule has 1 fully saturated rings. The van der Waals surface area contributed by atoms with E-state index in [1.54, 1.807) is 13.0 Å². The lowest BCUT2D eigenvalue weighted by atomic mass is 10.2. The lowest BCUT2D eigenvalue weighted by molar-refractivity contribution is 0.240. The molecule has 1 aliphatic rings. The molecule has 5 nitrogen and oxygen atoms in total. The lowest BCUT2D eigenvalue weighted by Gasteiger charge is -2.11. The van der Waals surface area contributed by atoms with Gasteiger partial charge in [-0.05, 0) is 38.0 Å². The zero-order chi connectivity index (χ0) is 13.9. The van der Waals surface area contributed by atoms with Crippen molar-refractivity contribution in [3.05, 3.63) is 41.3 Å². The van der Waals surface area contributed by atoms with Gasteiger partial charge in [-0.25, -0.2) is 4.39 Å². The van der Waals surface area contributed by atoms with Crippen LogP contribution in [0.4, 0.5) is 4.39 Å². The number of rotatable bonds is 6. The number of aryl methyl sites for hydroxylation is 1. The molecule has 6 heteroatoms. The number of hydrogen-bond donors (Lipinski definition) is 1. The van der Waals surface area contributed by atoms with E-state index in [1.807, 2.05) is 0 Å². The monoisotopic (exact) mass is 277 g/mol. The van der Waals surface area contributed by atoms with Crippen LogP contribution in [0.15, 0.2) is 22.7 Å². The van der Waals surface area contributed by atoms with Crippen molar-refractivity contribution in [3.8, 4) is 5.75 Å². The molecule has 106 valence electrons. The number of nitrogens with one attached hydrogen (secondary N) is 1. The zero-order valence-electron chi connectivity index (χ0n) is 11.2. The second kappa shape index (κ2) is 5.58. The van der Waals surface area contributed by atoms with Gasteiger partial charge in [-0.2, -0.15) is 4.98 Å².